The van der Waals surface area contributed by atoms with Crippen molar-refractivity contribution >= 4 is 23.5 Å². The minimum absolute atomic E-state index is 0.0373. The number of aromatic nitrogens is 2. The molecular weight excluding hydrogens is 645 g/mol. The highest BCUT2D eigenvalue weighted by atomic mass is 35.5. The van der Waals surface area contributed by atoms with E-state index in [-0.39, 0.29) is 24.8 Å². The number of aliphatic hydroxyl groups is 5. The maximum Gasteiger partial charge on any atom is 0.227 e. The van der Waals surface area contributed by atoms with Crippen LogP contribution in [-0.2, 0) is 11.2 Å². The minimum Gasteiger partial charge on any atom is -0.493 e. The molecule has 2 aromatic rings. The van der Waals surface area contributed by atoms with E-state index in [4.69, 9.17) is 21.4 Å². The lowest BCUT2D eigenvalue weighted by Gasteiger charge is -2.52. The third-order valence-electron chi connectivity index (χ3n) is 10.2. The van der Waals surface area contributed by atoms with Gasteiger partial charge in [0.05, 0.1) is 43.2 Å². The zero-order chi connectivity index (χ0) is 34.3. The number of aliphatic hydroxyl groups excluding tert-OH is 5. The lowest BCUT2D eigenvalue weighted by atomic mass is 9.56. The Morgan fingerprint density at radius 1 is 1.04 bits per heavy atom. The van der Waals surface area contributed by atoms with E-state index >= 15 is 0 Å². The van der Waals surface area contributed by atoms with Gasteiger partial charge in [0.25, 0.3) is 0 Å². The van der Waals surface area contributed by atoms with Crippen LogP contribution in [0, 0.1) is 23.1 Å². The smallest absolute Gasteiger partial charge is 0.227 e. The number of ether oxygens (including phenoxy) is 1. The average molecular weight is 694 g/mol. The number of rotatable bonds is 17. The van der Waals surface area contributed by atoms with Gasteiger partial charge in [0.15, 0.2) is 0 Å². The summed E-state index contributed by atoms with van der Waals surface area (Å²) in [5.74, 6) is 1.48. The molecule has 1 saturated carbocycles. The predicted octanol–water partition coefficient (Wildman–Crippen LogP) is 1.54. The summed E-state index contributed by atoms with van der Waals surface area (Å²) in [4.78, 5) is 25.3. The normalized spacial score (nSPS) is 20.6. The van der Waals surface area contributed by atoms with Crippen LogP contribution in [0.4, 0.5) is 10.3 Å². The molecule has 12 nitrogen and oxygen atoms in total. The fraction of sp³-hybridized carbons (Fsp3) is 0.676. The van der Waals surface area contributed by atoms with Crippen molar-refractivity contribution in [3.8, 4) is 5.75 Å². The van der Waals surface area contributed by atoms with Crippen LogP contribution in [0.25, 0.3) is 0 Å². The zero-order valence-electron chi connectivity index (χ0n) is 27.3. The largest absolute Gasteiger partial charge is 0.493 e. The Hall–Kier alpha value is -2.65. The van der Waals surface area contributed by atoms with E-state index in [1.165, 1.54) is 38.2 Å². The molecule has 0 bridgehead atoms. The molecule has 14 heteroatoms. The van der Waals surface area contributed by atoms with Gasteiger partial charge in [0.2, 0.25) is 11.9 Å². The van der Waals surface area contributed by atoms with Gasteiger partial charge in [-0.2, -0.15) is 0 Å². The van der Waals surface area contributed by atoms with E-state index in [1.54, 1.807) is 29.4 Å². The molecule has 3 aliphatic rings. The Bertz CT molecular complexity index is 1320. The van der Waals surface area contributed by atoms with Crippen molar-refractivity contribution in [2.45, 2.75) is 75.8 Å². The van der Waals surface area contributed by atoms with Gasteiger partial charge in [-0.1, -0.05) is 24.1 Å². The summed E-state index contributed by atoms with van der Waals surface area (Å²) in [5.41, 5.74) is 0.787. The minimum atomic E-state index is -1.67. The predicted molar refractivity (Wildman–Crippen MR) is 177 cm³/mol. The number of carbonyl (C=O) groups is 1. The SMILES string of the molecule is O=C(Cc1ccc(OCCCCC2CC3(CCN(c4ncc(Cl)cn4)CC3)C2)cc1F)N1CC(CNC[C@H](O)[C@@H](O)[C@H](O)[C@H](O)CO)C1. The van der Waals surface area contributed by atoms with Crippen molar-refractivity contribution in [1.82, 2.24) is 20.2 Å². The number of benzene rings is 1. The first kappa shape index (κ1) is 36.6. The van der Waals surface area contributed by atoms with Crippen molar-refractivity contribution in [1.29, 1.82) is 0 Å². The maximum absolute atomic E-state index is 14.8. The first-order valence-electron chi connectivity index (χ1n) is 17.0. The summed E-state index contributed by atoms with van der Waals surface area (Å²) < 4.78 is 20.6. The second kappa shape index (κ2) is 16.8. The molecule has 2 saturated heterocycles. The highest BCUT2D eigenvalue weighted by molar-refractivity contribution is 6.30. The second-order valence-corrected chi connectivity index (χ2v) is 14.3. The number of amides is 1. The van der Waals surface area contributed by atoms with Gasteiger partial charge in [-0.05, 0) is 61.5 Å². The Kier molecular flexibility index (Phi) is 12.8. The molecule has 1 spiro atoms. The maximum atomic E-state index is 14.8. The fourth-order valence-corrected chi connectivity index (χ4v) is 7.31. The number of likely N-dealkylation sites (tertiary alicyclic amines) is 1. The molecule has 48 heavy (non-hydrogen) atoms. The molecule has 4 atom stereocenters. The van der Waals surface area contributed by atoms with E-state index in [0.717, 1.165) is 37.8 Å². The molecule has 5 rings (SSSR count). The summed E-state index contributed by atoms with van der Waals surface area (Å²) in [7, 11) is 0. The van der Waals surface area contributed by atoms with Crippen molar-refractivity contribution in [3.63, 3.8) is 0 Å². The molecule has 0 unspecified atom stereocenters. The van der Waals surface area contributed by atoms with E-state index in [0.29, 0.717) is 48.0 Å². The quantitative estimate of drug-likeness (QED) is 0.133. The van der Waals surface area contributed by atoms with Gasteiger partial charge in [-0.3, -0.25) is 4.79 Å². The molecule has 6 N–H and O–H groups in total. The van der Waals surface area contributed by atoms with Gasteiger partial charge < -0.3 is 45.4 Å². The van der Waals surface area contributed by atoms with Crippen molar-refractivity contribution < 1.29 is 39.5 Å². The second-order valence-electron chi connectivity index (χ2n) is 13.9. The van der Waals surface area contributed by atoms with E-state index in [9.17, 15) is 29.6 Å². The number of unbranched alkanes of at least 4 members (excludes halogenated alkanes) is 1. The number of nitrogens with zero attached hydrogens (tertiary/aromatic N) is 4. The number of nitrogens with one attached hydrogen (secondary N) is 1. The molecule has 2 aliphatic heterocycles. The van der Waals surface area contributed by atoms with Gasteiger partial charge >= 0.3 is 0 Å². The number of halogens is 2. The van der Waals surface area contributed by atoms with Crippen LogP contribution in [0.1, 0.15) is 50.5 Å². The molecule has 3 heterocycles. The van der Waals surface area contributed by atoms with Crippen LogP contribution in [0.3, 0.4) is 0 Å². The molecule has 1 amide bonds. The van der Waals surface area contributed by atoms with Crippen LogP contribution in [-0.4, -0.2) is 123 Å². The average Bonchev–Trinajstić information content (AvgIpc) is 3.05. The third-order valence-corrected chi connectivity index (χ3v) is 10.4. The van der Waals surface area contributed by atoms with Crippen molar-refractivity contribution in [2.24, 2.45) is 17.3 Å². The van der Waals surface area contributed by atoms with E-state index in [2.05, 4.69) is 20.2 Å². The molecule has 3 fully saturated rings. The number of anilines is 1. The summed E-state index contributed by atoms with van der Waals surface area (Å²) in [6.45, 7) is 3.15. The monoisotopic (exact) mass is 693 g/mol. The van der Waals surface area contributed by atoms with Crippen LogP contribution in [0.15, 0.2) is 30.6 Å². The Morgan fingerprint density at radius 2 is 1.73 bits per heavy atom. The highest BCUT2D eigenvalue weighted by Crippen LogP contribution is 2.54. The fourth-order valence-electron chi connectivity index (χ4n) is 7.21. The van der Waals surface area contributed by atoms with Crippen LogP contribution in [0.5, 0.6) is 5.75 Å². The van der Waals surface area contributed by atoms with Gasteiger partial charge in [-0.25, -0.2) is 14.4 Å². The van der Waals surface area contributed by atoms with Gasteiger partial charge in [0, 0.05) is 51.3 Å². The van der Waals surface area contributed by atoms with Crippen LogP contribution >= 0.6 is 11.6 Å². The summed E-state index contributed by atoms with van der Waals surface area (Å²) in [6, 6.07) is 4.66. The highest BCUT2D eigenvalue weighted by Gasteiger charge is 2.45. The summed E-state index contributed by atoms with van der Waals surface area (Å²) in [5, 5.41) is 51.3. The number of hydrogen-bond acceptors (Lipinski definition) is 11. The lowest BCUT2D eigenvalue weighted by molar-refractivity contribution is -0.136. The summed E-state index contributed by atoms with van der Waals surface area (Å²) >= 11 is 5.91. The molecular formula is C34H49ClFN5O7. The molecule has 266 valence electrons. The Labute approximate surface area is 285 Å². The lowest BCUT2D eigenvalue weighted by Crippen LogP contribution is -2.55. The zero-order valence-corrected chi connectivity index (χ0v) is 28.0. The Morgan fingerprint density at radius 3 is 2.40 bits per heavy atom. The van der Waals surface area contributed by atoms with E-state index in [1.807, 2.05) is 0 Å². The standard InChI is InChI=1S/C34H49ClFN5O7/c35-25-16-38-33(39-17-25)40-8-6-34(7-9-40)13-22(14-34)3-1-2-10-48-26-5-4-24(27(36)12-26)11-30(45)41-19-23(20-41)15-37-18-28(43)31(46)32(47)29(44)21-42/h4-5,12,16-17,22-23,28-29,31-32,37,42-44,46-47H,1-3,6-11,13-15,18-21H2/t28-,29+,31+,32+/m0/s1. The van der Waals surface area contributed by atoms with Gasteiger partial charge in [0.1, 0.15) is 29.9 Å². The molecule has 1 aromatic carbocycles. The Balaban J connectivity index is 0.907. The number of hydrogen-bond donors (Lipinski definition) is 6. The van der Waals surface area contributed by atoms with Crippen molar-refractivity contribution in [3.05, 3.63) is 47.0 Å². The molecule has 1 aromatic heterocycles. The number of carbonyl (C=O) groups excluding carboxylic acids is 1. The summed E-state index contributed by atoms with van der Waals surface area (Å²) in [6.07, 6.45) is 5.15. The van der Waals surface area contributed by atoms with Crippen molar-refractivity contribution in [2.75, 3.05) is 57.4 Å². The van der Waals surface area contributed by atoms with E-state index < -0.39 is 36.8 Å². The topological polar surface area (TPSA) is 172 Å². The van der Waals surface area contributed by atoms with Gasteiger partial charge in [-0.15, -0.1) is 0 Å². The number of piperidine rings is 1. The van der Waals surface area contributed by atoms with Crippen LogP contribution in [0.2, 0.25) is 5.02 Å². The first-order chi connectivity index (χ1) is 23.1. The molecule has 1 aliphatic carbocycles. The third kappa shape index (κ3) is 9.52. The van der Waals surface area contributed by atoms with Crippen LogP contribution < -0.4 is 15.0 Å². The first-order valence-corrected chi connectivity index (χ1v) is 17.4. The molecule has 0 radical (unpaired) electrons.